The molecule has 0 unspecified atom stereocenters. The van der Waals surface area contributed by atoms with Crippen LogP contribution in [0.15, 0.2) is 36.8 Å². The first-order valence-corrected chi connectivity index (χ1v) is 11.3. The Kier molecular flexibility index (Phi) is 7.92. The van der Waals surface area contributed by atoms with Crippen LogP contribution in [0.1, 0.15) is 17.7 Å². The Morgan fingerprint density at radius 2 is 2.08 bits per heavy atom. The molecule has 190 valence electrons. The third kappa shape index (κ3) is 6.87. The summed E-state index contributed by atoms with van der Waals surface area (Å²) in [4.78, 5) is 20.9. The molecule has 0 atom stereocenters. The van der Waals surface area contributed by atoms with Crippen molar-refractivity contribution in [3.63, 3.8) is 0 Å². The van der Waals surface area contributed by atoms with E-state index in [1.807, 2.05) is 0 Å². The number of amides is 1. The molecular formula is C24H25F3N6O3. The van der Waals surface area contributed by atoms with Crippen LogP contribution in [0.3, 0.4) is 0 Å². The fraction of sp³-hybridized carbons (Fsp3) is 0.375. The van der Waals surface area contributed by atoms with Gasteiger partial charge >= 0.3 is 12.1 Å². The number of benzene rings is 1. The van der Waals surface area contributed by atoms with E-state index in [0.29, 0.717) is 36.7 Å². The summed E-state index contributed by atoms with van der Waals surface area (Å²) < 4.78 is 51.8. The number of morpholine rings is 1. The summed E-state index contributed by atoms with van der Waals surface area (Å²) in [6, 6.07) is 4.66. The minimum absolute atomic E-state index is 0.0122. The van der Waals surface area contributed by atoms with E-state index < -0.39 is 17.8 Å². The number of halogens is 3. The van der Waals surface area contributed by atoms with Gasteiger partial charge in [0, 0.05) is 44.4 Å². The molecule has 1 aliphatic heterocycles. The Hall–Kier alpha value is -3.82. The van der Waals surface area contributed by atoms with E-state index in [1.54, 1.807) is 30.1 Å². The van der Waals surface area contributed by atoms with Crippen LogP contribution in [-0.2, 0) is 22.8 Å². The van der Waals surface area contributed by atoms with Crippen molar-refractivity contribution in [2.45, 2.75) is 12.6 Å². The molecule has 1 amide bonds. The van der Waals surface area contributed by atoms with Crippen LogP contribution in [0.2, 0.25) is 0 Å². The third-order valence-electron chi connectivity index (χ3n) is 5.39. The molecule has 1 saturated heterocycles. The number of carbonyl (C=O) groups excluding carboxylic acids is 1. The molecule has 0 saturated carbocycles. The molecule has 1 aliphatic rings. The van der Waals surface area contributed by atoms with Crippen molar-refractivity contribution in [2.75, 3.05) is 44.8 Å². The largest absolute Gasteiger partial charge is 0.491 e. The molecule has 1 aromatic carbocycles. The SMILES string of the molecule is Cn1cc(C#CC(=O)Nc2cc(-c3ncc(C(F)(F)F)[nH]3)ccc2OCCCN2CCOCC2)cn1. The van der Waals surface area contributed by atoms with E-state index in [9.17, 15) is 18.0 Å². The number of ether oxygens (including phenoxy) is 2. The highest BCUT2D eigenvalue weighted by molar-refractivity contribution is 6.05. The van der Waals surface area contributed by atoms with Crippen LogP contribution >= 0.6 is 0 Å². The molecule has 3 heterocycles. The topological polar surface area (TPSA) is 97.3 Å². The van der Waals surface area contributed by atoms with Gasteiger partial charge in [-0.25, -0.2) is 4.98 Å². The average molecular weight is 502 g/mol. The van der Waals surface area contributed by atoms with Crippen molar-refractivity contribution in [3.8, 4) is 29.0 Å². The second-order valence-corrected chi connectivity index (χ2v) is 8.12. The van der Waals surface area contributed by atoms with E-state index in [1.165, 1.54) is 12.3 Å². The Morgan fingerprint density at radius 1 is 1.28 bits per heavy atom. The summed E-state index contributed by atoms with van der Waals surface area (Å²) in [5, 5.41) is 6.66. The van der Waals surface area contributed by atoms with Crippen molar-refractivity contribution in [2.24, 2.45) is 7.05 Å². The van der Waals surface area contributed by atoms with Gasteiger partial charge in [-0.2, -0.15) is 18.3 Å². The number of aromatic nitrogens is 4. The first-order chi connectivity index (χ1) is 17.3. The molecule has 2 aromatic heterocycles. The molecule has 0 spiro atoms. The first kappa shape index (κ1) is 25.3. The summed E-state index contributed by atoms with van der Waals surface area (Å²) in [6.45, 7) is 4.39. The van der Waals surface area contributed by atoms with E-state index in [4.69, 9.17) is 9.47 Å². The van der Waals surface area contributed by atoms with Crippen LogP contribution in [0.25, 0.3) is 11.4 Å². The highest BCUT2D eigenvalue weighted by atomic mass is 19.4. The molecular weight excluding hydrogens is 477 g/mol. The van der Waals surface area contributed by atoms with Crippen molar-refractivity contribution in [1.29, 1.82) is 0 Å². The molecule has 36 heavy (non-hydrogen) atoms. The number of aromatic amines is 1. The summed E-state index contributed by atoms with van der Waals surface area (Å²) in [5.74, 6) is 4.98. The number of rotatable bonds is 7. The van der Waals surface area contributed by atoms with E-state index in [2.05, 4.69) is 37.1 Å². The number of hydrogen-bond donors (Lipinski definition) is 2. The zero-order chi connectivity index (χ0) is 25.5. The number of imidazole rings is 1. The van der Waals surface area contributed by atoms with E-state index in [0.717, 1.165) is 32.3 Å². The predicted octanol–water partition coefficient (Wildman–Crippen LogP) is 2.92. The smallest absolute Gasteiger partial charge is 0.432 e. The van der Waals surface area contributed by atoms with Gasteiger partial charge < -0.3 is 19.8 Å². The van der Waals surface area contributed by atoms with Gasteiger partial charge in [0.2, 0.25) is 0 Å². The third-order valence-corrected chi connectivity index (χ3v) is 5.39. The number of nitrogens with zero attached hydrogens (tertiary/aromatic N) is 4. The van der Waals surface area contributed by atoms with Crippen LogP contribution in [0, 0.1) is 11.8 Å². The van der Waals surface area contributed by atoms with Crippen LogP contribution in [0.4, 0.5) is 18.9 Å². The average Bonchev–Trinajstić information content (AvgIpc) is 3.51. The number of nitrogens with one attached hydrogen (secondary N) is 2. The molecule has 2 N–H and O–H groups in total. The molecule has 4 rings (SSSR count). The lowest BCUT2D eigenvalue weighted by Crippen LogP contribution is -2.37. The zero-order valence-corrected chi connectivity index (χ0v) is 19.6. The molecule has 3 aromatic rings. The van der Waals surface area contributed by atoms with Crippen molar-refractivity contribution < 1.29 is 27.4 Å². The molecule has 0 bridgehead atoms. The van der Waals surface area contributed by atoms with Crippen LogP contribution in [0.5, 0.6) is 5.75 Å². The Balaban J connectivity index is 1.49. The van der Waals surface area contributed by atoms with E-state index in [-0.39, 0.29) is 11.5 Å². The number of aryl methyl sites for hydroxylation is 1. The normalized spacial score (nSPS) is 14.2. The van der Waals surface area contributed by atoms with Gasteiger partial charge in [-0.15, -0.1) is 0 Å². The van der Waals surface area contributed by atoms with Crippen LogP contribution < -0.4 is 10.1 Å². The predicted molar refractivity (Wildman–Crippen MR) is 125 cm³/mol. The number of anilines is 1. The molecule has 1 fully saturated rings. The minimum atomic E-state index is -4.55. The lowest BCUT2D eigenvalue weighted by Gasteiger charge is -2.26. The summed E-state index contributed by atoms with van der Waals surface area (Å²) in [7, 11) is 1.73. The number of H-pyrrole nitrogens is 1. The highest BCUT2D eigenvalue weighted by Crippen LogP contribution is 2.33. The number of hydrogen-bond acceptors (Lipinski definition) is 6. The van der Waals surface area contributed by atoms with Gasteiger partial charge in [-0.05, 0) is 24.6 Å². The van der Waals surface area contributed by atoms with Crippen LogP contribution in [-0.4, -0.2) is 70.0 Å². The fourth-order valence-electron chi connectivity index (χ4n) is 3.58. The maximum absolute atomic E-state index is 13.0. The molecule has 0 radical (unpaired) electrons. The lowest BCUT2D eigenvalue weighted by molar-refractivity contribution is -0.140. The second kappa shape index (κ2) is 11.3. The second-order valence-electron chi connectivity index (χ2n) is 8.12. The first-order valence-electron chi connectivity index (χ1n) is 11.3. The van der Waals surface area contributed by atoms with Crippen molar-refractivity contribution in [3.05, 3.63) is 48.0 Å². The quantitative estimate of drug-likeness (QED) is 0.381. The maximum Gasteiger partial charge on any atom is 0.432 e. The summed E-state index contributed by atoms with van der Waals surface area (Å²) >= 11 is 0. The summed E-state index contributed by atoms with van der Waals surface area (Å²) in [6.07, 6.45) is 0.123. The monoisotopic (exact) mass is 502 g/mol. The van der Waals surface area contributed by atoms with Crippen molar-refractivity contribution in [1.82, 2.24) is 24.6 Å². The Bertz CT molecular complexity index is 1250. The Labute approximate surface area is 205 Å². The Morgan fingerprint density at radius 3 is 2.78 bits per heavy atom. The van der Waals surface area contributed by atoms with Crippen molar-refractivity contribution >= 4 is 11.6 Å². The van der Waals surface area contributed by atoms with E-state index >= 15 is 0 Å². The maximum atomic E-state index is 13.0. The highest BCUT2D eigenvalue weighted by Gasteiger charge is 2.33. The fourth-order valence-corrected chi connectivity index (χ4v) is 3.58. The van der Waals surface area contributed by atoms with Gasteiger partial charge in [0.25, 0.3) is 0 Å². The summed E-state index contributed by atoms with van der Waals surface area (Å²) in [5.41, 5.74) is 0.223. The zero-order valence-electron chi connectivity index (χ0n) is 19.6. The number of alkyl halides is 3. The lowest BCUT2D eigenvalue weighted by atomic mass is 10.1. The standard InChI is InChI=1S/C24H25F3N6O3/c1-32-16-17(14-29-32)3-6-22(34)30-19-13-18(23-28-15-21(31-23)24(25,26)27)4-5-20(19)36-10-2-7-33-8-11-35-12-9-33/h4-5,13-16H,2,7-12H2,1H3,(H,28,31)(H,30,34). The molecule has 0 aliphatic carbocycles. The van der Waals surface area contributed by atoms with Gasteiger partial charge in [0.15, 0.2) is 0 Å². The molecule has 9 nitrogen and oxygen atoms in total. The van der Waals surface area contributed by atoms with Gasteiger partial charge in [0.1, 0.15) is 17.3 Å². The van der Waals surface area contributed by atoms with Gasteiger partial charge in [-0.3, -0.25) is 14.4 Å². The number of carbonyl (C=O) groups is 1. The van der Waals surface area contributed by atoms with Gasteiger partial charge in [-0.1, -0.05) is 5.92 Å². The van der Waals surface area contributed by atoms with Gasteiger partial charge in [0.05, 0.1) is 43.5 Å². The molecule has 12 heteroatoms. The minimum Gasteiger partial charge on any atom is -0.491 e.